The van der Waals surface area contributed by atoms with E-state index in [2.05, 4.69) is 15.5 Å². The minimum Gasteiger partial charge on any atom is -0.351 e. The van der Waals surface area contributed by atoms with Crippen LogP contribution in [0.25, 0.3) is 0 Å². The molecule has 1 aromatic heterocycles. The van der Waals surface area contributed by atoms with Gasteiger partial charge in [-0.25, -0.2) is 0 Å². The SMILES string of the molecule is CN1c2ccccc2Nc2cc(Cl)nnc21. The molecule has 0 atom stereocenters. The summed E-state index contributed by atoms with van der Waals surface area (Å²) in [5, 5.41) is 11.6. The molecule has 3 rings (SSSR count). The summed E-state index contributed by atoms with van der Waals surface area (Å²) in [5.74, 6) is 0.781. The monoisotopic (exact) mass is 232 g/mol. The van der Waals surface area contributed by atoms with E-state index < -0.39 is 0 Å². The van der Waals surface area contributed by atoms with E-state index in [-0.39, 0.29) is 0 Å². The van der Waals surface area contributed by atoms with Gasteiger partial charge in [-0.1, -0.05) is 23.7 Å². The summed E-state index contributed by atoms with van der Waals surface area (Å²) in [6.07, 6.45) is 0. The number of aromatic nitrogens is 2. The molecular weight excluding hydrogens is 224 g/mol. The first-order valence-corrected chi connectivity index (χ1v) is 5.26. The van der Waals surface area contributed by atoms with Crippen LogP contribution >= 0.6 is 11.6 Å². The van der Waals surface area contributed by atoms with Gasteiger partial charge in [0.05, 0.1) is 17.1 Å². The summed E-state index contributed by atoms with van der Waals surface area (Å²) in [4.78, 5) is 1.99. The average molecular weight is 233 g/mol. The van der Waals surface area contributed by atoms with Crippen LogP contribution in [-0.4, -0.2) is 17.2 Å². The third kappa shape index (κ3) is 1.31. The Morgan fingerprint density at radius 3 is 2.88 bits per heavy atom. The van der Waals surface area contributed by atoms with Crippen LogP contribution in [0.5, 0.6) is 0 Å². The van der Waals surface area contributed by atoms with Crippen LogP contribution in [0.2, 0.25) is 5.15 Å². The molecule has 1 aliphatic rings. The normalized spacial score (nSPS) is 12.8. The van der Waals surface area contributed by atoms with Crippen molar-refractivity contribution in [1.29, 1.82) is 0 Å². The molecule has 2 heterocycles. The molecule has 0 bridgehead atoms. The summed E-state index contributed by atoms with van der Waals surface area (Å²) in [6, 6.07) is 9.80. The van der Waals surface area contributed by atoms with Crippen molar-refractivity contribution in [3.63, 3.8) is 0 Å². The number of hydrogen-bond acceptors (Lipinski definition) is 4. The maximum Gasteiger partial charge on any atom is 0.179 e. The molecular formula is C11H9ClN4. The quantitative estimate of drug-likeness (QED) is 0.758. The summed E-state index contributed by atoms with van der Waals surface area (Å²) >= 11 is 5.82. The number of rotatable bonds is 0. The van der Waals surface area contributed by atoms with Crippen LogP contribution < -0.4 is 10.2 Å². The Morgan fingerprint density at radius 1 is 1.19 bits per heavy atom. The molecule has 4 nitrogen and oxygen atoms in total. The van der Waals surface area contributed by atoms with Gasteiger partial charge in [-0.2, -0.15) is 0 Å². The largest absolute Gasteiger partial charge is 0.351 e. The van der Waals surface area contributed by atoms with E-state index in [1.54, 1.807) is 6.07 Å². The van der Waals surface area contributed by atoms with Gasteiger partial charge in [0, 0.05) is 13.1 Å². The summed E-state index contributed by atoms with van der Waals surface area (Å²) < 4.78 is 0. The van der Waals surface area contributed by atoms with E-state index in [0.29, 0.717) is 5.15 Å². The molecule has 16 heavy (non-hydrogen) atoms. The highest BCUT2D eigenvalue weighted by molar-refractivity contribution is 6.29. The van der Waals surface area contributed by atoms with Gasteiger partial charge < -0.3 is 10.2 Å². The van der Waals surface area contributed by atoms with Crippen molar-refractivity contribution >= 4 is 34.5 Å². The fourth-order valence-electron chi connectivity index (χ4n) is 1.83. The Labute approximate surface area is 97.9 Å². The number of para-hydroxylation sites is 2. The lowest BCUT2D eigenvalue weighted by molar-refractivity contribution is 0.983. The van der Waals surface area contributed by atoms with Crippen molar-refractivity contribution in [2.75, 3.05) is 17.3 Å². The third-order valence-corrected chi connectivity index (χ3v) is 2.78. The van der Waals surface area contributed by atoms with Crippen LogP contribution in [-0.2, 0) is 0 Å². The summed E-state index contributed by atoms with van der Waals surface area (Å²) in [7, 11) is 1.96. The van der Waals surface area contributed by atoms with Gasteiger partial charge in [-0.05, 0) is 12.1 Å². The number of hydrogen-bond donors (Lipinski definition) is 1. The van der Waals surface area contributed by atoms with E-state index in [4.69, 9.17) is 11.6 Å². The van der Waals surface area contributed by atoms with E-state index in [1.165, 1.54) is 0 Å². The molecule has 1 aliphatic heterocycles. The van der Waals surface area contributed by atoms with Crippen LogP contribution in [0.3, 0.4) is 0 Å². The minimum absolute atomic E-state index is 0.388. The number of halogens is 1. The molecule has 0 amide bonds. The Balaban J connectivity index is 2.18. The topological polar surface area (TPSA) is 41.0 Å². The summed E-state index contributed by atoms with van der Waals surface area (Å²) in [5.41, 5.74) is 2.99. The zero-order chi connectivity index (χ0) is 11.1. The Kier molecular flexibility index (Phi) is 1.97. The lowest BCUT2D eigenvalue weighted by Gasteiger charge is -2.28. The fourth-order valence-corrected chi connectivity index (χ4v) is 1.98. The number of nitrogens with zero attached hydrogens (tertiary/aromatic N) is 3. The standard InChI is InChI=1S/C11H9ClN4/c1-16-9-5-3-2-4-7(9)13-8-6-10(12)14-15-11(8)16/h2-6,13H,1H3. The fraction of sp³-hybridized carbons (Fsp3) is 0.0909. The highest BCUT2D eigenvalue weighted by Crippen LogP contribution is 2.41. The molecule has 1 aromatic carbocycles. The minimum atomic E-state index is 0.388. The molecule has 80 valence electrons. The predicted molar refractivity (Wildman–Crippen MR) is 64.8 cm³/mol. The number of nitrogens with one attached hydrogen (secondary N) is 1. The van der Waals surface area contributed by atoms with Crippen LogP contribution in [0.4, 0.5) is 22.9 Å². The van der Waals surface area contributed by atoms with E-state index >= 15 is 0 Å². The van der Waals surface area contributed by atoms with Crippen molar-refractivity contribution in [2.24, 2.45) is 0 Å². The molecule has 2 aromatic rings. The van der Waals surface area contributed by atoms with Crippen molar-refractivity contribution in [3.05, 3.63) is 35.5 Å². The van der Waals surface area contributed by atoms with Crippen molar-refractivity contribution in [1.82, 2.24) is 10.2 Å². The molecule has 0 fully saturated rings. The van der Waals surface area contributed by atoms with Crippen LogP contribution in [0.15, 0.2) is 30.3 Å². The third-order valence-electron chi connectivity index (χ3n) is 2.60. The second-order valence-electron chi connectivity index (χ2n) is 3.61. The Hall–Kier alpha value is -1.81. The first kappa shape index (κ1) is 9.42. The molecule has 0 radical (unpaired) electrons. The number of fused-ring (bicyclic) bond motifs is 2. The molecule has 0 aliphatic carbocycles. The lowest BCUT2D eigenvalue weighted by atomic mass is 10.2. The highest BCUT2D eigenvalue weighted by atomic mass is 35.5. The highest BCUT2D eigenvalue weighted by Gasteiger charge is 2.20. The van der Waals surface area contributed by atoms with Crippen LogP contribution in [0, 0.1) is 0 Å². The van der Waals surface area contributed by atoms with Gasteiger partial charge in [0.2, 0.25) is 0 Å². The molecule has 0 unspecified atom stereocenters. The van der Waals surface area contributed by atoms with Crippen molar-refractivity contribution < 1.29 is 0 Å². The molecule has 5 heteroatoms. The maximum atomic E-state index is 5.82. The van der Waals surface area contributed by atoms with Crippen molar-refractivity contribution in [2.45, 2.75) is 0 Å². The first-order valence-electron chi connectivity index (χ1n) is 4.89. The Bertz CT molecular complexity index is 555. The van der Waals surface area contributed by atoms with E-state index in [1.807, 2.05) is 36.2 Å². The Morgan fingerprint density at radius 2 is 2.00 bits per heavy atom. The van der Waals surface area contributed by atoms with Gasteiger partial charge in [0.15, 0.2) is 11.0 Å². The summed E-state index contributed by atoms with van der Waals surface area (Å²) in [6.45, 7) is 0. The van der Waals surface area contributed by atoms with Crippen LogP contribution in [0.1, 0.15) is 0 Å². The average Bonchev–Trinajstić information content (AvgIpc) is 2.29. The molecule has 1 N–H and O–H groups in total. The zero-order valence-corrected chi connectivity index (χ0v) is 9.36. The number of benzene rings is 1. The van der Waals surface area contributed by atoms with E-state index in [0.717, 1.165) is 22.9 Å². The second kappa shape index (κ2) is 3.35. The number of anilines is 4. The van der Waals surface area contributed by atoms with Gasteiger partial charge in [-0.3, -0.25) is 0 Å². The molecule has 0 saturated carbocycles. The van der Waals surface area contributed by atoms with Gasteiger partial charge in [0.25, 0.3) is 0 Å². The van der Waals surface area contributed by atoms with E-state index in [9.17, 15) is 0 Å². The smallest absolute Gasteiger partial charge is 0.179 e. The predicted octanol–water partition coefficient (Wildman–Crippen LogP) is 2.95. The van der Waals surface area contributed by atoms with Gasteiger partial charge >= 0.3 is 0 Å². The zero-order valence-electron chi connectivity index (χ0n) is 8.61. The van der Waals surface area contributed by atoms with Gasteiger partial charge in [-0.15, -0.1) is 10.2 Å². The maximum absolute atomic E-state index is 5.82. The van der Waals surface area contributed by atoms with Crippen molar-refractivity contribution in [3.8, 4) is 0 Å². The molecule has 0 saturated heterocycles. The second-order valence-corrected chi connectivity index (χ2v) is 3.99. The lowest BCUT2D eigenvalue weighted by Crippen LogP contribution is -2.19. The van der Waals surface area contributed by atoms with Gasteiger partial charge in [0.1, 0.15) is 0 Å². The first-order chi connectivity index (χ1) is 7.75. The molecule has 0 spiro atoms.